The van der Waals surface area contributed by atoms with E-state index in [1.54, 1.807) is 11.3 Å². The van der Waals surface area contributed by atoms with E-state index in [1.807, 2.05) is 5.38 Å². The number of anilines is 1. The summed E-state index contributed by atoms with van der Waals surface area (Å²) in [7, 11) is 2.06. The van der Waals surface area contributed by atoms with Crippen LogP contribution in [0, 0.1) is 0 Å². The molecule has 1 aromatic heterocycles. The Labute approximate surface area is 79.4 Å². The van der Waals surface area contributed by atoms with Gasteiger partial charge in [0, 0.05) is 19.0 Å². The summed E-state index contributed by atoms with van der Waals surface area (Å²) in [5.74, 6) is 0. The lowest BCUT2D eigenvalue weighted by Gasteiger charge is -2.13. The van der Waals surface area contributed by atoms with Crippen molar-refractivity contribution < 1.29 is 0 Å². The molecule has 0 aliphatic heterocycles. The number of nitrogens with zero attached hydrogens (tertiary/aromatic N) is 2. The maximum atomic E-state index is 4.29. The average molecular weight is 235 g/mol. The van der Waals surface area contributed by atoms with Gasteiger partial charge < -0.3 is 4.90 Å². The molecule has 0 atom stereocenters. The topological polar surface area (TPSA) is 16.1 Å². The van der Waals surface area contributed by atoms with Crippen LogP contribution in [0.15, 0.2) is 9.98 Å². The maximum Gasteiger partial charge on any atom is 0.186 e. The Bertz CT molecular complexity index is 224. The van der Waals surface area contributed by atoms with Crippen molar-refractivity contribution >= 4 is 32.4 Å². The predicted octanol–water partition coefficient (Wildman–Crippen LogP) is 2.75. The van der Waals surface area contributed by atoms with E-state index in [0.717, 1.165) is 22.7 Å². The summed E-state index contributed by atoms with van der Waals surface area (Å²) in [6.07, 6.45) is 1.16. The smallest absolute Gasteiger partial charge is 0.186 e. The zero-order chi connectivity index (χ0) is 8.27. The number of halogens is 1. The van der Waals surface area contributed by atoms with Crippen LogP contribution >= 0.6 is 27.3 Å². The number of thiazole rings is 1. The third-order valence-electron chi connectivity index (χ3n) is 1.35. The van der Waals surface area contributed by atoms with Crippen LogP contribution in [0.5, 0.6) is 0 Å². The lowest BCUT2D eigenvalue weighted by atomic mass is 10.5. The van der Waals surface area contributed by atoms with E-state index < -0.39 is 0 Å². The fourth-order valence-electron chi connectivity index (χ4n) is 0.852. The van der Waals surface area contributed by atoms with Crippen LogP contribution in [0.3, 0.4) is 0 Å². The van der Waals surface area contributed by atoms with Crippen LogP contribution < -0.4 is 4.90 Å². The van der Waals surface area contributed by atoms with Crippen LogP contribution in [0.2, 0.25) is 0 Å². The van der Waals surface area contributed by atoms with E-state index in [2.05, 4.69) is 39.8 Å². The van der Waals surface area contributed by atoms with Gasteiger partial charge in [-0.15, -0.1) is 11.3 Å². The molecule has 2 nitrogen and oxygen atoms in total. The molecule has 1 aromatic rings. The second-order valence-electron chi connectivity index (χ2n) is 2.37. The van der Waals surface area contributed by atoms with Gasteiger partial charge in [-0.3, -0.25) is 0 Å². The van der Waals surface area contributed by atoms with Gasteiger partial charge in [-0.05, 0) is 22.4 Å². The summed E-state index contributed by atoms with van der Waals surface area (Å²) in [6, 6.07) is 0. The Morgan fingerprint density at radius 1 is 1.73 bits per heavy atom. The van der Waals surface area contributed by atoms with Crippen LogP contribution in [-0.2, 0) is 0 Å². The van der Waals surface area contributed by atoms with Crippen molar-refractivity contribution in [2.75, 3.05) is 18.5 Å². The van der Waals surface area contributed by atoms with Crippen LogP contribution in [0.1, 0.15) is 13.3 Å². The Morgan fingerprint density at radius 3 is 2.91 bits per heavy atom. The van der Waals surface area contributed by atoms with Crippen molar-refractivity contribution in [1.82, 2.24) is 4.98 Å². The van der Waals surface area contributed by atoms with Gasteiger partial charge in [-0.25, -0.2) is 4.98 Å². The van der Waals surface area contributed by atoms with E-state index in [9.17, 15) is 0 Å². The van der Waals surface area contributed by atoms with Crippen molar-refractivity contribution in [3.8, 4) is 0 Å². The molecule has 0 unspecified atom stereocenters. The highest BCUT2D eigenvalue weighted by molar-refractivity contribution is 9.10. The molecule has 62 valence electrons. The highest BCUT2D eigenvalue weighted by Crippen LogP contribution is 2.22. The summed E-state index contributed by atoms with van der Waals surface area (Å²) in [6.45, 7) is 3.24. The van der Waals surface area contributed by atoms with Gasteiger partial charge >= 0.3 is 0 Å². The minimum absolute atomic E-state index is 0.931. The van der Waals surface area contributed by atoms with E-state index >= 15 is 0 Å². The van der Waals surface area contributed by atoms with Crippen molar-refractivity contribution in [2.24, 2.45) is 0 Å². The van der Waals surface area contributed by atoms with Crippen LogP contribution in [0.25, 0.3) is 0 Å². The standard InChI is InChI=1S/C7H11BrN2S/c1-3-4-10(2)7-9-6(8)5-11-7/h5H,3-4H2,1-2H3. The third kappa shape index (κ3) is 2.45. The summed E-state index contributed by atoms with van der Waals surface area (Å²) >= 11 is 4.99. The average Bonchev–Trinajstić information content (AvgIpc) is 2.36. The maximum absolute atomic E-state index is 4.29. The second kappa shape index (κ2) is 4.07. The molecule has 0 amide bonds. The van der Waals surface area contributed by atoms with Crippen molar-refractivity contribution in [3.63, 3.8) is 0 Å². The van der Waals surface area contributed by atoms with Gasteiger partial charge in [0.25, 0.3) is 0 Å². The van der Waals surface area contributed by atoms with Gasteiger partial charge in [-0.2, -0.15) is 0 Å². The lowest BCUT2D eigenvalue weighted by Crippen LogP contribution is -2.17. The van der Waals surface area contributed by atoms with Crippen LogP contribution in [0.4, 0.5) is 5.13 Å². The summed E-state index contributed by atoms with van der Waals surface area (Å²) in [5, 5.41) is 3.08. The molecule has 0 saturated carbocycles. The summed E-state index contributed by atoms with van der Waals surface area (Å²) in [4.78, 5) is 6.45. The normalized spacial score (nSPS) is 10.1. The van der Waals surface area contributed by atoms with Gasteiger partial charge in [0.1, 0.15) is 4.60 Å². The Kier molecular flexibility index (Phi) is 3.33. The zero-order valence-corrected chi connectivity index (χ0v) is 9.07. The minimum Gasteiger partial charge on any atom is -0.351 e. The molecule has 0 bridgehead atoms. The molecule has 4 heteroatoms. The summed E-state index contributed by atoms with van der Waals surface area (Å²) in [5.41, 5.74) is 0. The highest BCUT2D eigenvalue weighted by Gasteiger charge is 2.03. The first-order valence-corrected chi connectivity index (χ1v) is 5.23. The molecular formula is C7H11BrN2S. The predicted molar refractivity (Wildman–Crippen MR) is 53.4 cm³/mol. The molecule has 0 radical (unpaired) electrons. The van der Waals surface area contributed by atoms with E-state index in [1.165, 1.54) is 0 Å². The number of hydrogen-bond acceptors (Lipinski definition) is 3. The molecule has 11 heavy (non-hydrogen) atoms. The first-order valence-electron chi connectivity index (χ1n) is 3.56. The molecule has 1 heterocycles. The van der Waals surface area contributed by atoms with Crippen molar-refractivity contribution in [2.45, 2.75) is 13.3 Å². The second-order valence-corrected chi connectivity index (χ2v) is 4.02. The first kappa shape index (κ1) is 9.00. The number of aromatic nitrogens is 1. The zero-order valence-electron chi connectivity index (χ0n) is 6.67. The number of rotatable bonds is 3. The Balaban J connectivity index is 2.60. The SMILES string of the molecule is CCCN(C)c1nc(Br)cs1. The van der Waals surface area contributed by atoms with Gasteiger partial charge in [0.15, 0.2) is 5.13 Å². The Hall–Kier alpha value is -0.0900. The van der Waals surface area contributed by atoms with Gasteiger partial charge in [0.05, 0.1) is 0 Å². The first-order chi connectivity index (χ1) is 5.24. The molecule has 1 rings (SSSR count). The molecule has 0 N–H and O–H groups in total. The molecule has 0 saturated heterocycles. The summed E-state index contributed by atoms with van der Waals surface area (Å²) < 4.78 is 0.931. The van der Waals surface area contributed by atoms with Crippen molar-refractivity contribution in [3.05, 3.63) is 9.98 Å². The van der Waals surface area contributed by atoms with Crippen molar-refractivity contribution in [1.29, 1.82) is 0 Å². The number of hydrogen-bond donors (Lipinski definition) is 0. The molecule has 0 aliphatic rings. The highest BCUT2D eigenvalue weighted by atomic mass is 79.9. The Morgan fingerprint density at radius 2 is 2.45 bits per heavy atom. The fourth-order valence-corrected chi connectivity index (χ4v) is 2.10. The quantitative estimate of drug-likeness (QED) is 0.800. The molecular weight excluding hydrogens is 224 g/mol. The van der Waals surface area contributed by atoms with E-state index in [-0.39, 0.29) is 0 Å². The molecule has 0 aliphatic carbocycles. The van der Waals surface area contributed by atoms with E-state index in [0.29, 0.717) is 0 Å². The third-order valence-corrected chi connectivity index (χ3v) is 3.01. The molecule has 0 fully saturated rings. The fraction of sp³-hybridized carbons (Fsp3) is 0.571. The van der Waals surface area contributed by atoms with Crippen LogP contribution in [-0.4, -0.2) is 18.6 Å². The lowest BCUT2D eigenvalue weighted by molar-refractivity contribution is 0.847. The largest absolute Gasteiger partial charge is 0.351 e. The monoisotopic (exact) mass is 234 g/mol. The van der Waals surface area contributed by atoms with E-state index in [4.69, 9.17) is 0 Å². The van der Waals surface area contributed by atoms with Gasteiger partial charge in [0.2, 0.25) is 0 Å². The minimum atomic E-state index is 0.931. The van der Waals surface area contributed by atoms with Gasteiger partial charge in [-0.1, -0.05) is 6.92 Å². The molecule has 0 spiro atoms. The molecule has 0 aromatic carbocycles.